The molecule has 0 amide bonds. The van der Waals surface area contributed by atoms with Gasteiger partial charge in [-0.25, -0.2) is 0 Å². The number of hydrogen-bond donors (Lipinski definition) is 0. The average Bonchev–Trinajstić information content (AvgIpc) is 0. The fourth-order valence-corrected chi connectivity index (χ4v) is 0. The normalized spacial score (nSPS) is 0. The molecule has 0 heterocycles. The maximum atomic E-state index is 0. The molecule has 0 fully saturated rings. The topological polar surface area (TPSA) is 0 Å². The lowest BCUT2D eigenvalue weighted by molar-refractivity contribution is 1.11. The maximum absolute atomic E-state index is 0. The van der Waals surface area contributed by atoms with Gasteiger partial charge in [0, 0.05) is 0 Å². The van der Waals surface area contributed by atoms with Crippen LogP contribution in [0.1, 0.15) is 0 Å². The second-order valence-electron chi connectivity index (χ2n) is 0. The Bertz CT molecular complexity index is 7.51. The van der Waals surface area contributed by atoms with Crippen molar-refractivity contribution in [2.75, 3.05) is 0 Å². The average molecular weight is 198 g/mol. The van der Waals surface area contributed by atoms with Crippen molar-refractivity contribution in [2.45, 2.75) is 0 Å². The van der Waals surface area contributed by atoms with E-state index in [1.807, 2.05) is 0 Å². The third kappa shape index (κ3) is 57.6. The van der Waals surface area contributed by atoms with Gasteiger partial charge in [-0.2, -0.15) is 0 Å². The quantitative estimate of drug-likeness (QED) is 0.494. The van der Waals surface area contributed by atoms with Crippen LogP contribution in [0.3, 0.4) is 0 Å². The first-order valence-electron chi connectivity index (χ1n) is 0. The van der Waals surface area contributed by atoms with Crippen molar-refractivity contribution in [3.05, 3.63) is 0 Å². The molecule has 0 N–H and O–H groups in total. The molecule has 0 unspecified atom stereocenters. The van der Waals surface area contributed by atoms with Crippen molar-refractivity contribution in [1.82, 2.24) is 0 Å². The zero-order chi connectivity index (χ0) is 0. The fourth-order valence-electron chi connectivity index (χ4n) is 0. The molecule has 0 radical (unpaired) electrons. The van der Waals surface area contributed by atoms with E-state index in [4.69, 9.17) is 0 Å². The minimum atomic E-state index is 0. The summed E-state index contributed by atoms with van der Waals surface area (Å²) >= 11 is 0. The van der Waals surface area contributed by atoms with Crippen molar-refractivity contribution in [3.63, 3.8) is 0 Å². The van der Waals surface area contributed by atoms with Gasteiger partial charge in [-0.1, -0.05) is 0 Å². The van der Waals surface area contributed by atoms with Crippen LogP contribution in [0.15, 0.2) is 0 Å². The van der Waals surface area contributed by atoms with Gasteiger partial charge in [-0.3, -0.25) is 4.70 Å². The molecular formula is H9Cl4FSi. The Morgan fingerprint density at radius 1 is 0.500 bits per heavy atom. The van der Waals surface area contributed by atoms with Crippen LogP contribution in [0, 0.1) is 0 Å². The zero-order valence-electron chi connectivity index (χ0n) is 2.04. The molecule has 0 atom stereocenters. The van der Waals surface area contributed by atoms with E-state index in [-0.39, 0.29) is 65.3 Å². The van der Waals surface area contributed by atoms with Crippen molar-refractivity contribution < 1.29 is 4.70 Å². The van der Waals surface area contributed by atoms with Gasteiger partial charge in [0.15, 0.2) is 0 Å². The third-order valence-corrected chi connectivity index (χ3v) is 0. The standard InChI is InChI=1S/4ClH.FH.H4Si/h5*1H;1H4. The first kappa shape index (κ1) is 170. The lowest BCUT2D eigenvalue weighted by Crippen LogP contribution is -0.381. The lowest BCUT2D eigenvalue weighted by Gasteiger charge is -0.269. The zero-order valence-corrected chi connectivity index (χ0v) is 5.31. The molecule has 6 heavy (non-hydrogen) atoms. The molecule has 0 bridgehead atoms. The van der Waals surface area contributed by atoms with Gasteiger partial charge in [0.2, 0.25) is 0 Å². The van der Waals surface area contributed by atoms with Gasteiger partial charge in [0.05, 0.1) is 0 Å². The van der Waals surface area contributed by atoms with Crippen LogP contribution in [0.4, 0.5) is 4.70 Å². The predicted molar refractivity (Wildman–Crippen MR) is 42.8 cm³/mol. The van der Waals surface area contributed by atoms with E-state index in [0.717, 1.165) is 0 Å². The molecule has 0 saturated carbocycles. The molecule has 0 rings (SSSR count). The van der Waals surface area contributed by atoms with Crippen molar-refractivity contribution in [1.29, 1.82) is 0 Å². The summed E-state index contributed by atoms with van der Waals surface area (Å²) in [6.07, 6.45) is 0. The molecule has 0 aromatic carbocycles. The summed E-state index contributed by atoms with van der Waals surface area (Å²) in [4.78, 5) is 0. The summed E-state index contributed by atoms with van der Waals surface area (Å²) in [6, 6.07) is 0. The van der Waals surface area contributed by atoms with E-state index in [0.29, 0.717) is 0 Å². The summed E-state index contributed by atoms with van der Waals surface area (Å²) in [5.41, 5.74) is 0. The summed E-state index contributed by atoms with van der Waals surface area (Å²) in [7, 11) is 0. The summed E-state index contributed by atoms with van der Waals surface area (Å²) < 4.78 is 0. The molecule has 6 heteroatoms. The van der Waals surface area contributed by atoms with Gasteiger partial charge in [-0.15, -0.1) is 49.6 Å². The third-order valence-electron chi connectivity index (χ3n) is 0. The van der Waals surface area contributed by atoms with Gasteiger partial charge in [0.25, 0.3) is 0 Å². The molecule has 48 valence electrons. The highest BCUT2D eigenvalue weighted by Crippen LogP contribution is 0.693. The molecule has 0 aliphatic carbocycles. The lowest BCUT2D eigenvalue weighted by atomic mass is 19.0. The van der Waals surface area contributed by atoms with E-state index in [1.165, 1.54) is 0 Å². The van der Waals surface area contributed by atoms with Gasteiger partial charge >= 0.3 is 0 Å². The van der Waals surface area contributed by atoms with Crippen molar-refractivity contribution in [3.8, 4) is 0 Å². The first-order chi connectivity index (χ1) is 0. The van der Waals surface area contributed by atoms with Crippen LogP contribution < -0.4 is 0 Å². The summed E-state index contributed by atoms with van der Waals surface area (Å²) in [6.45, 7) is 0. The minimum Gasteiger partial charge on any atom is -0.269 e. The molecule has 0 spiro atoms. The van der Waals surface area contributed by atoms with Gasteiger partial charge < -0.3 is 0 Å². The largest absolute Gasteiger partial charge is 0.269 e. The molecule has 0 aliphatic rings. The number of hydrogen-bond acceptors (Lipinski definition) is 0. The number of rotatable bonds is 0. The summed E-state index contributed by atoms with van der Waals surface area (Å²) in [5.74, 6) is 0. The van der Waals surface area contributed by atoms with Crippen molar-refractivity contribution in [2.24, 2.45) is 0 Å². The molecule has 0 saturated heterocycles. The molecular weight excluding hydrogens is 189 g/mol. The van der Waals surface area contributed by atoms with Crippen molar-refractivity contribution >= 4 is 60.6 Å². The van der Waals surface area contributed by atoms with Crippen LogP contribution in [-0.4, -0.2) is 11.0 Å². The SMILES string of the molecule is Cl.Cl.Cl.Cl.F.[SiH4]. The molecule has 0 aromatic heterocycles. The molecule has 0 aliphatic heterocycles. The van der Waals surface area contributed by atoms with E-state index < -0.39 is 0 Å². The smallest absolute Gasteiger partial charge is 0.0149 e. The van der Waals surface area contributed by atoms with Crippen LogP contribution in [-0.2, 0) is 0 Å². The summed E-state index contributed by atoms with van der Waals surface area (Å²) in [5, 5.41) is 0. The van der Waals surface area contributed by atoms with E-state index in [1.54, 1.807) is 0 Å². The first-order valence-corrected chi connectivity index (χ1v) is 0. The second kappa shape index (κ2) is 104. The number of halogens is 5. The Balaban J connectivity index is 0. The van der Waals surface area contributed by atoms with E-state index in [9.17, 15) is 0 Å². The van der Waals surface area contributed by atoms with E-state index in [2.05, 4.69) is 0 Å². The van der Waals surface area contributed by atoms with E-state index >= 15 is 0 Å². The van der Waals surface area contributed by atoms with Crippen LogP contribution in [0.25, 0.3) is 0 Å². The van der Waals surface area contributed by atoms with Gasteiger partial charge in [-0.05, 0) is 11.0 Å². The Kier molecular flexibility index (Phi) is 2950. The van der Waals surface area contributed by atoms with Crippen LogP contribution in [0.2, 0.25) is 0 Å². The van der Waals surface area contributed by atoms with Crippen LogP contribution >= 0.6 is 49.6 Å². The Morgan fingerprint density at radius 3 is 0.500 bits per heavy atom. The predicted octanol–water partition coefficient (Wildman–Crippen LogP) is 0.388. The monoisotopic (exact) mass is 196 g/mol. The minimum absolute atomic E-state index is 0. The highest BCUT2D eigenvalue weighted by Gasteiger charge is -0.0148. The van der Waals surface area contributed by atoms with Crippen LogP contribution in [0.5, 0.6) is 0 Å². The Hall–Kier alpha value is 1.31. The Morgan fingerprint density at radius 2 is 0.500 bits per heavy atom. The maximum Gasteiger partial charge on any atom is -0.0149 e. The Labute approximate surface area is 65.5 Å². The second-order valence-corrected chi connectivity index (χ2v) is 0. The van der Waals surface area contributed by atoms with Gasteiger partial charge in [0.1, 0.15) is 0 Å². The molecule has 0 nitrogen and oxygen atoms in total. The fraction of sp³-hybridized carbons (Fsp3) is 0. The highest BCUT2D eigenvalue weighted by molar-refractivity contribution is 5.86. The molecule has 0 aromatic rings. The highest BCUT2D eigenvalue weighted by atomic mass is 35.5.